The Labute approximate surface area is 131 Å². The summed E-state index contributed by atoms with van der Waals surface area (Å²) in [5.74, 6) is -0.270. The predicted octanol–water partition coefficient (Wildman–Crippen LogP) is 2.95. The Morgan fingerprint density at radius 3 is 2.24 bits per heavy atom. The standard InChI is InChI=1S/C16H15BrN2O2/c17-10-15(20)19-14-8-6-13(7-9-14)16(21)18-11-12-4-2-1-3-5-12/h1-9H,10-11H2,(H,18,21)(H,19,20). The zero-order valence-electron chi connectivity index (χ0n) is 11.3. The number of amides is 2. The molecule has 0 spiro atoms. The van der Waals surface area contributed by atoms with Gasteiger partial charge in [0.25, 0.3) is 5.91 Å². The Bertz CT molecular complexity index is 612. The van der Waals surface area contributed by atoms with Crippen molar-refractivity contribution in [3.05, 3.63) is 65.7 Å². The Hall–Kier alpha value is -2.14. The second-order valence-corrected chi connectivity index (χ2v) is 4.99. The number of nitrogens with one attached hydrogen (secondary N) is 2. The van der Waals surface area contributed by atoms with Gasteiger partial charge < -0.3 is 10.6 Å². The van der Waals surface area contributed by atoms with E-state index in [1.807, 2.05) is 30.3 Å². The third-order valence-electron chi connectivity index (χ3n) is 2.85. The fraction of sp³-hybridized carbons (Fsp3) is 0.125. The van der Waals surface area contributed by atoms with E-state index in [0.717, 1.165) is 5.56 Å². The zero-order valence-corrected chi connectivity index (χ0v) is 12.9. The van der Waals surface area contributed by atoms with Crippen LogP contribution in [0.5, 0.6) is 0 Å². The van der Waals surface area contributed by atoms with Gasteiger partial charge in [-0.2, -0.15) is 0 Å². The Morgan fingerprint density at radius 1 is 0.952 bits per heavy atom. The minimum absolute atomic E-state index is 0.128. The van der Waals surface area contributed by atoms with Gasteiger partial charge in [0.1, 0.15) is 0 Å². The molecule has 0 radical (unpaired) electrons. The number of hydrogen-bond acceptors (Lipinski definition) is 2. The van der Waals surface area contributed by atoms with Gasteiger partial charge in [-0.3, -0.25) is 9.59 Å². The molecule has 0 saturated heterocycles. The van der Waals surface area contributed by atoms with Gasteiger partial charge in [0.05, 0.1) is 5.33 Å². The van der Waals surface area contributed by atoms with E-state index in [4.69, 9.17) is 0 Å². The molecule has 108 valence electrons. The summed E-state index contributed by atoms with van der Waals surface area (Å²) in [6.45, 7) is 0.488. The number of anilines is 1. The Balaban J connectivity index is 1.92. The molecule has 4 nitrogen and oxygen atoms in total. The topological polar surface area (TPSA) is 58.2 Å². The number of halogens is 1. The monoisotopic (exact) mass is 346 g/mol. The molecule has 2 aromatic carbocycles. The lowest BCUT2D eigenvalue weighted by molar-refractivity contribution is -0.113. The Morgan fingerprint density at radius 2 is 1.62 bits per heavy atom. The average Bonchev–Trinajstić information content (AvgIpc) is 2.54. The highest BCUT2D eigenvalue weighted by atomic mass is 79.9. The smallest absolute Gasteiger partial charge is 0.251 e. The number of benzene rings is 2. The number of carbonyl (C=O) groups excluding carboxylic acids is 2. The van der Waals surface area contributed by atoms with Crippen molar-refractivity contribution in [3.63, 3.8) is 0 Å². The molecule has 0 aliphatic heterocycles. The summed E-state index contributed by atoms with van der Waals surface area (Å²) >= 11 is 3.08. The molecule has 0 bridgehead atoms. The third kappa shape index (κ3) is 4.72. The second kappa shape index (κ2) is 7.59. The highest BCUT2D eigenvalue weighted by Gasteiger charge is 2.06. The van der Waals surface area contributed by atoms with Crippen molar-refractivity contribution in [1.29, 1.82) is 0 Å². The zero-order chi connectivity index (χ0) is 15.1. The highest BCUT2D eigenvalue weighted by Crippen LogP contribution is 2.10. The molecule has 0 aliphatic carbocycles. The van der Waals surface area contributed by atoms with Gasteiger partial charge in [0.15, 0.2) is 0 Å². The first-order valence-electron chi connectivity index (χ1n) is 6.47. The first-order valence-corrected chi connectivity index (χ1v) is 7.59. The number of rotatable bonds is 5. The molecule has 0 aliphatic rings. The number of hydrogen-bond donors (Lipinski definition) is 2. The van der Waals surface area contributed by atoms with Crippen molar-refractivity contribution >= 4 is 33.4 Å². The summed E-state index contributed by atoms with van der Waals surface area (Å²) in [5, 5.41) is 5.79. The van der Waals surface area contributed by atoms with Crippen LogP contribution in [0.2, 0.25) is 0 Å². The SMILES string of the molecule is O=C(CBr)Nc1ccc(C(=O)NCc2ccccc2)cc1. The summed E-state index contributed by atoms with van der Waals surface area (Å²) in [5.41, 5.74) is 2.27. The lowest BCUT2D eigenvalue weighted by atomic mass is 10.1. The minimum Gasteiger partial charge on any atom is -0.348 e. The second-order valence-electron chi connectivity index (χ2n) is 4.43. The van der Waals surface area contributed by atoms with Crippen molar-refractivity contribution in [2.75, 3.05) is 10.6 Å². The third-order valence-corrected chi connectivity index (χ3v) is 3.36. The molecule has 21 heavy (non-hydrogen) atoms. The molecule has 0 aromatic heterocycles. The summed E-state index contributed by atoms with van der Waals surface area (Å²) in [6.07, 6.45) is 0. The van der Waals surface area contributed by atoms with Crippen molar-refractivity contribution < 1.29 is 9.59 Å². The minimum atomic E-state index is -0.141. The van der Waals surface area contributed by atoms with E-state index >= 15 is 0 Å². The normalized spacial score (nSPS) is 9.95. The van der Waals surface area contributed by atoms with Crippen LogP contribution in [0.3, 0.4) is 0 Å². The maximum Gasteiger partial charge on any atom is 0.251 e. The van der Waals surface area contributed by atoms with Crippen LogP contribution in [0.1, 0.15) is 15.9 Å². The van der Waals surface area contributed by atoms with Crippen molar-refractivity contribution in [1.82, 2.24) is 5.32 Å². The first kappa shape index (κ1) is 15.3. The molecular weight excluding hydrogens is 332 g/mol. The molecule has 5 heteroatoms. The van der Waals surface area contributed by atoms with Gasteiger partial charge in [-0.15, -0.1) is 0 Å². The van der Waals surface area contributed by atoms with Crippen LogP contribution in [-0.2, 0) is 11.3 Å². The van der Waals surface area contributed by atoms with Gasteiger partial charge in [0.2, 0.25) is 5.91 Å². The van der Waals surface area contributed by atoms with Crippen LogP contribution in [0.15, 0.2) is 54.6 Å². The molecule has 2 N–H and O–H groups in total. The van der Waals surface area contributed by atoms with Crippen LogP contribution in [0, 0.1) is 0 Å². The van der Waals surface area contributed by atoms with Crippen molar-refractivity contribution in [3.8, 4) is 0 Å². The van der Waals surface area contributed by atoms with Crippen LogP contribution in [0.4, 0.5) is 5.69 Å². The van der Waals surface area contributed by atoms with E-state index in [9.17, 15) is 9.59 Å². The maximum absolute atomic E-state index is 12.0. The van der Waals surface area contributed by atoms with Crippen LogP contribution in [0.25, 0.3) is 0 Å². The van der Waals surface area contributed by atoms with Gasteiger partial charge in [-0.05, 0) is 29.8 Å². The Kier molecular flexibility index (Phi) is 5.51. The average molecular weight is 347 g/mol. The maximum atomic E-state index is 12.0. The first-order chi connectivity index (χ1) is 10.2. The van der Waals surface area contributed by atoms with Crippen molar-refractivity contribution in [2.24, 2.45) is 0 Å². The van der Waals surface area contributed by atoms with Gasteiger partial charge in [-0.25, -0.2) is 0 Å². The molecule has 0 saturated carbocycles. The lowest BCUT2D eigenvalue weighted by Gasteiger charge is -2.07. The van der Waals surface area contributed by atoms with E-state index in [2.05, 4.69) is 26.6 Å². The number of carbonyl (C=O) groups is 2. The molecule has 0 heterocycles. The molecule has 0 atom stereocenters. The summed E-state index contributed by atoms with van der Waals surface area (Å²) in [6, 6.07) is 16.5. The van der Waals surface area contributed by atoms with Gasteiger partial charge in [-0.1, -0.05) is 46.3 Å². The fourth-order valence-electron chi connectivity index (χ4n) is 1.78. The summed E-state index contributed by atoms with van der Waals surface area (Å²) < 4.78 is 0. The lowest BCUT2D eigenvalue weighted by Crippen LogP contribution is -2.22. The summed E-state index contributed by atoms with van der Waals surface area (Å²) in [7, 11) is 0. The molecule has 2 rings (SSSR count). The highest BCUT2D eigenvalue weighted by molar-refractivity contribution is 9.09. The molecule has 0 unspecified atom stereocenters. The van der Waals surface area contributed by atoms with E-state index in [0.29, 0.717) is 17.8 Å². The van der Waals surface area contributed by atoms with E-state index in [-0.39, 0.29) is 17.1 Å². The predicted molar refractivity (Wildman–Crippen MR) is 86.5 cm³/mol. The van der Waals surface area contributed by atoms with Gasteiger partial charge >= 0.3 is 0 Å². The van der Waals surface area contributed by atoms with Crippen molar-refractivity contribution in [2.45, 2.75) is 6.54 Å². The summed E-state index contributed by atoms with van der Waals surface area (Å²) in [4.78, 5) is 23.2. The van der Waals surface area contributed by atoms with Crippen LogP contribution in [-0.4, -0.2) is 17.1 Å². The van der Waals surface area contributed by atoms with Crippen LogP contribution < -0.4 is 10.6 Å². The molecule has 2 amide bonds. The van der Waals surface area contributed by atoms with Crippen LogP contribution >= 0.6 is 15.9 Å². The van der Waals surface area contributed by atoms with Gasteiger partial charge in [0, 0.05) is 17.8 Å². The van der Waals surface area contributed by atoms with E-state index < -0.39 is 0 Å². The number of alkyl halides is 1. The molecule has 0 fully saturated rings. The quantitative estimate of drug-likeness (QED) is 0.817. The molecular formula is C16H15BrN2O2. The fourth-order valence-corrected chi connectivity index (χ4v) is 1.92. The molecule has 2 aromatic rings. The largest absolute Gasteiger partial charge is 0.348 e. The van der Waals surface area contributed by atoms with E-state index in [1.54, 1.807) is 24.3 Å². The van der Waals surface area contributed by atoms with E-state index in [1.165, 1.54) is 0 Å².